The van der Waals surface area contributed by atoms with Crippen molar-refractivity contribution in [3.05, 3.63) is 83.1 Å². The van der Waals surface area contributed by atoms with Crippen molar-refractivity contribution in [2.24, 2.45) is 0 Å². The van der Waals surface area contributed by atoms with Gasteiger partial charge in [-0.05, 0) is 42.5 Å². The molecule has 1 fully saturated rings. The Kier molecular flexibility index (Phi) is 5.04. The van der Waals surface area contributed by atoms with E-state index in [0.717, 1.165) is 33.2 Å². The normalized spacial score (nSPS) is 15.2. The summed E-state index contributed by atoms with van der Waals surface area (Å²) in [6, 6.07) is 19.1. The van der Waals surface area contributed by atoms with E-state index in [2.05, 4.69) is 5.32 Å². The smallest absolute Gasteiger partial charge is 0.329 e. The summed E-state index contributed by atoms with van der Waals surface area (Å²) < 4.78 is 5.71. The summed E-state index contributed by atoms with van der Waals surface area (Å²) in [5.41, 5.74) is 3.17. The molecule has 3 aromatic carbocycles. The summed E-state index contributed by atoms with van der Waals surface area (Å²) in [6.45, 7) is 4.76. The molecule has 3 amide bonds. The average Bonchev–Trinajstić information content (AvgIpc) is 2.99. The number of imide groups is 1. The number of carbonyl (C=O) groups is 2. The van der Waals surface area contributed by atoms with Gasteiger partial charge in [-0.3, -0.25) is 9.69 Å². The molecular formula is C24H22N2O3. The summed E-state index contributed by atoms with van der Waals surface area (Å²) >= 11 is 0. The number of nitrogens with zero attached hydrogens (tertiary/aromatic N) is 1. The van der Waals surface area contributed by atoms with Crippen LogP contribution in [0.5, 0.6) is 5.75 Å². The molecule has 5 nitrogen and oxygen atoms in total. The molecule has 3 aromatic rings. The zero-order valence-corrected chi connectivity index (χ0v) is 16.4. The molecule has 0 radical (unpaired) electrons. The van der Waals surface area contributed by atoms with Crippen molar-refractivity contribution in [2.45, 2.75) is 20.4 Å². The number of hydrogen-bond donors (Lipinski definition) is 1. The maximum atomic E-state index is 12.8. The number of hydrogen-bond acceptors (Lipinski definition) is 3. The molecule has 0 saturated carbocycles. The molecule has 0 aliphatic carbocycles. The maximum absolute atomic E-state index is 12.8. The Balaban J connectivity index is 1.65. The molecule has 0 spiro atoms. The summed E-state index contributed by atoms with van der Waals surface area (Å²) in [4.78, 5) is 26.5. The first kappa shape index (κ1) is 18.7. The van der Waals surface area contributed by atoms with Crippen LogP contribution in [0.25, 0.3) is 16.8 Å². The molecule has 0 bridgehead atoms. The quantitative estimate of drug-likeness (QED) is 0.513. The lowest BCUT2D eigenvalue weighted by atomic mass is 10.0. The topological polar surface area (TPSA) is 58.6 Å². The SMILES string of the molecule is CCOc1ccc(/C=C2/NC(=O)N(Cc3ccc(C)cc3)C2=O)c2ccccc12. The van der Waals surface area contributed by atoms with Gasteiger partial charge in [0.1, 0.15) is 11.4 Å². The number of benzene rings is 3. The minimum atomic E-state index is -0.405. The molecule has 0 atom stereocenters. The zero-order chi connectivity index (χ0) is 20.4. The monoisotopic (exact) mass is 386 g/mol. The van der Waals surface area contributed by atoms with Crippen LogP contribution >= 0.6 is 0 Å². The first-order valence-electron chi connectivity index (χ1n) is 9.61. The molecule has 1 saturated heterocycles. The second kappa shape index (κ2) is 7.80. The van der Waals surface area contributed by atoms with Crippen molar-refractivity contribution < 1.29 is 14.3 Å². The molecule has 0 aromatic heterocycles. The Morgan fingerprint density at radius 3 is 2.41 bits per heavy atom. The second-order valence-electron chi connectivity index (χ2n) is 7.00. The van der Waals surface area contributed by atoms with Crippen LogP contribution in [0.2, 0.25) is 0 Å². The molecule has 1 aliphatic rings. The van der Waals surface area contributed by atoms with Crippen LogP contribution in [0, 0.1) is 6.92 Å². The number of fused-ring (bicyclic) bond motifs is 1. The van der Waals surface area contributed by atoms with Crippen LogP contribution in [0.1, 0.15) is 23.6 Å². The Bertz CT molecular complexity index is 1120. The first-order chi connectivity index (χ1) is 14.1. The molecule has 146 valence electrons. The van der Waals surface area contributed by atoms with E-state index in [-0.39, 0.29) is 18.1 Å². The van der Waals surface area contributed by atoms with Crippen LogP contribution < -0.4 is 10.1 Å². The van der Waals surface area contributed by atoms with Gasteiger partial charge in [-0.1, -0.05) is 60.2 Å². The van der Waals surface area contributed by atoms with Crippen LogP contribution in [0.3, 0.4) is 0 Å². The largest absolute Gasteiger partial charge is 0.493 e. The highest BCUT2D eigenvalue weighted by Gasteiger charge is 2.33. The number of amides is 3. The fraction of sp³-hybridized carbons (Fsp3) is 0.167. The van der Waals surface area contributed by atoms with E-state index in [1.165, 1.54) is 4.90 Å². The Labute approximate surface area is 169 Å². The fourth-order valence-electron chi connectivity index (χ4n) is 3.45. The zero-order valence-electron chi connectivity index (χ0n) is 16.4. The molecule has 5 heteroatoms. The third-order valence-corrected chi connectivity index (χ3v) is 4.94. The van der Waals surface area contributed by atoms with Crippen LogP contribution in [-0.2, 0) is 11.3 Å². The lowest BCUT2D eigenvalue weighted by Crippen LogP contribution is -2.30. The van der Waals surface area contributed by atoms with Crippen molar-refractivity contribution >= 4 is 28.8 Å². The predicted octanol–water partition coefficient (Wildman–Crippen LogP) is 4.64. The third-order valence-electron chi connectivity index (χ3n) is 4.94. The number of urea groups is 1. The van der Waals surface area contributed by atoms with E-state index in [1.807, 2.05) is 74.5 Å². The fourth-order valence-corrected chi connectivity index (χ4v) is 3.45. The van der Waals surface area contributed by atoms with Gasteiger partial charge in [0.2, 0.25) is 0 Å². The third kappa shape index (κ3) is 3.72. The molecule has 1 heterocycles. The van der Waals surface area contributed by atoms with Gasteiger partial charge in [0, 0.05) is 5.39 Å². The van der Waals surface area contributed by atoms with E-state index in [4.69, 9.17) is 4.74 Å². The summed E-state index contributed by atoms with van der Waals surface area (Å²) in [5, 5.41) is 4.64. The molecule has 4 rings (SSSR count). The second-order valence-corrected chi connectivity index (χ2v) is 7.00. The first-order valence-corrected chi connectivity index (χ1v) is 9.61. The Morgan fingerprint density at radius 2 is 1.69 bits per heavy atom. The summed E-state index contributed by atoms with van der Waals surface area (Å²) in [5.74, 6) is 0.474. The van der Waals surface area contributed by atoms with Crippen molar-refractivity contribution in [1.82, 2.24) is 10.2 Å². The van der Waals surface area contributed by atoms with Crippen LogP contribution in [0.15, 0.2) is 66.4 Å². The standard InChI is InChI=1S/C24H22N2O3/c1-3-29-22-13-12-18(19-6-4-5-7-20(19)22)14-21-23(27)26(24(28)25-21)15-17-10-8-16(2)9-11-17/h4-14H,3,15H2,1-2H3,(H,25,28)/b21-14+. The van der Waals surface area contributed by atoms with Gasteiger partial charge in [-0.15, -0.1) is 0 Å². The minimum Gasteiger partial charge on any atom is -0.493 e. The van der Waals surface area contributed by atoms with Crippen molar-refractivity contribution in [1.29, 1.82) is 0 Å². The molecule has 1 N–H and O–H groups in total. The number of aryl methyl sites for hydroxylation is 1. The Morgan fingerprint density at radius 1 is 0.966 bits per heavy atom. The van der Waals surface area contributed by atoms with Gasteiger partial charge in [0.25, 0.3) is 5.91 Å². The van der Waals surface area contributed by atoms with Gasteiger partial charge in [0.15, 0.2) is 0 Å². The molecule has 0 unspecified atom stereocenters. The van der Waals surface area contributed by atoms with E-state index in [0.29, 0.717) is 6.61 Å². The van der Waals surface area contributed by atoms with Gasteiger partial charge in [-0.25, -0.2) is 4.79 Å². The number of nitrogens with one attached hydrogen (secondary N) is 1. The summed E-state index contributed by atoms with van der Waals surface area (Å²) in [6.07, 6.45) is 1.73. The number of carbonyl (C=O) groups excluding carboxylic acids is 2. The van der Waals surface area contributed by atoms with Gasteiger partial charge < -0.3 is 10.1 Å². The summed E-state index contributed by atoms with van der Waals surface area (Å²) in [7, 11) is 0. The van der Waals surface area contributed by atoms with Crippen molar-refractivity contribution in [3.63, 3.8) is 0 Å². The lowest BCUT2D eigenvalue weighted by molar-refractivity contribution is -0.123. The van der Waals surface area contributed by atoms with Gasteiger partial charge in [0.05, 0.1) is 13.2 Å². The van der Waals surface area contributed by atoms with E-state index in [9.17, 15) is 9.59 Å². The molecule has 1 aliphatic heterocycles. The molecular weight excluding hydrogens is 364 g/mol. The van der Waals surface area contributed by atoms with Crippen LogP contribution in [-0.4, -0.2) is 23.4 Å². The van der Waals surface area contributed by atoms with Gasteiger partial charge in [-0.2, -0.15) is 0 Å². The highest BCUT2D eigenvalue weighted by molar-refractivity contribution is 6.14. The van der Waals surface area contributed by atoms with Crippen molar-refractivity contribution in [2.75, 3.05) is 6.61 Å². The molecule has 29 heavy (non-hydrogen) atoms. The van der Waals surface area contributed by atoms with Crippen LogP contribution in [0.4, 0.5) is 4.79 Å². The highest BCUT2D eigenvalue weighted by atomic mass is 16.5. The van der Waals surface area contributed by atoms with Crippen molar-refractivity contribution in [3.8, 4) is 5.75 Å². The minimum absolute atomic E-state index is 0.242. The van der Waals surface area contributed by atoms with Gasteiger partial charge >= 0.3 is 6.03 Å². The van der Waals surface area contributed by atoms with E-state index >= 15 is 0 Å². The number of ether oxygens (including phenoxy) is 1. The number of rotatable bonds is 5. The Hall–Kier alpha value is -3.60. The van der Waals surface area contributed by atoms with E-state index < -0.39 is 6.03 Å². The predicted molar refractivity (Wildman–Crippen MR) is 113 cm³/mol. The lowest BCUT2D eigenvalue weighted by Gasteiger charge is -2.12. The average molecular weight is 386 g/mol. The maximum Gasteiger partial charge on any atom is 0.329 e. The highest BCUT2D eigenvalue weighted by Crippen LogP contribution is 2.30. The van der Waals surface area contributed by atoms with E-state index in [1.54, 1.807) is 6.08 Å².